The molecule has 2 aromatic heterocycles. The maximum Gasteiger partial charge on any atom is 0.255 e. The second-order valence-corrected chi connectivity index (χ2v) is 6.58. The minimum absolute atomic E-state index is 0.152. The van der Waals surface area contributed by atoms with E-state index in [1.54, 1.807) is 6.07 Å². The van der Waals surface area contributed by atoms with Gasteiger partial charge in [0, 0.05) is 24.8 Å². The summed E-state index contributed by atoms with van der Waals surface area (Å²) in [5.74, 6) is 1.33. The fraction of sp³-hybridized carbons (Fsp3) is 0.300. The number of para-hydroxylation sites is 1. The van der Waals surface area contributed by atoms with Gasteiger partial charge < -0.3 is 19.8 Å². The first-order valence-corrected chi connectivity index (χ1v) is 8.84. The van der Waals surface area contributed by atoms with Crippen LogP contribution in [0.3, 0.4) is 0 Å². The number of ether oxygens (including phenoxy) is 1. The predicted octanol–water partition coefficient (Wildman–Crippen LogP) is 2.62. The van der Waals surface area contributed by atoms with Crippen molar-refractivity contribution in [3.05, 3.63) is 65.2 Å². The van der Waals surface area contributed by atoms with Gasteiger partial charge in [0.2, 0.25) is 0 Å². The molecule has 1 atom stereocenters. The van der Waals surface area contributed by atoms with Crippen LogP contribution in [0.25, 0.3) is 5.52 Å². The Balaban J connectivity index is 1.61. The van der Waals surface area contributed by atoms with Crippen molar-refractivity contribution in [1.29, 1.82) is 0 Å². The van der Waals surface area contributed by atoms with E-state index in [2.05, 4.69) is 28.6 Å². The van der Waals surface area contributed by atoms with Gasteiger partial charge in [-0.15, -0.1) is 0 Å². The van der Waals surface area contributed by atoms with Crippen LogP contribution in [0.2, 0.25) is 0 Å². The number of nitrogens with one attached hydrogen (secondary N) is 2. The number of nitrogens with zero attached hydrogens (tertiary/aromatic N) is 2. The molecule has 1 aromatic carbocycles. The van der Waals surface area contributed by atoms with Gasteiger partial charge in [-0.25, -0.2) is 4.98 Å². The SMILES string of the molecule is Cc1cccn2c(C(C)NC(=O)c3cccc4c3OCCNC4)ncc12. The fourth-order valence-corrected chi connectivity index (χ4v) is 3.36. The molecule has 0 bridgehead atoms. The van der Waals surface area contributed by atoms with Crippen molar-refractivity contribution < 1.29 is 9.53 Å². The number of aromatic nitrogens is 2. The normalized spacial score (nSPS) is 15.0. The van der Waals surface area contributed by atoms with Gasteiger partial charge in [0.1, 0.15) is 18.2 Å². The van der Waals surface area contributed by atoms with Crippen LogP contribution in [0.5, 0.6) is 5.75 Å². The number of hydrogen-bond donors (Lipinski definition) is 2. The Morgan fingerprint density at radius 2 is 2.23 bits per heavy atom. The molecule has 0 radical (unpaired) electrons. The number of carbonyl (C=O) groups is 1. The van der Waals surface area contributed by atoms with Gasteiger partial charge in [0.25, 0.3) is 5.91 Å². The number of rotatable bonds is 3. The summed E-state index contributed by atoms with van der Waals surface area (Å²) < 4.78 is 7.83. The number of imidazole rings is 1. The second kappa shape index (κ2) is 6.80. The number of hydrogen-bond acceptors (Lipinski definition) is 4. The highest BCUT2D eigenvalue weighted by atomic mass is 16.5. The molecule has 134 valence electrons. The first-order valence-electron chi connectivity index (χ1n) is 8.84. The molecule has 1 aliphatic heterocycles. The summed E-state index contributed by atoms with van der Waals surface area (Å²) in [6.45, 7) is 6.02. The van der Waals surface area contributed by atoms with Crippen molar-refractivity contribution in [2.45, 2.75) is 26.4 Å². The summed E-state index contributed by atoms with van der Waals surface area (Å²) in [4.78, 5) is 17.4. The molecule has 1 unspecified atom stereocenters. The molecule has 1 amide bonds. The average Bonchev–Trinajstić information content (AvgIpc) is 2.93. The van der Waals surface area contributed by atoms with Crippen LogP contribution >= 0.6 is 0 Å². The van der Waals surface area contributed by atoms with Crippen molar-refractivity contribution >= 4 is 11.4 Å². The van der Waals surface area contributed by atoms with E-state index in [4.69, 9.17) is 4.74 Å². The molecular formula is C20H22N4O2. The Labute approximate surface area is 152 Å². The fourth-order valence-electron chi connectivity index (χ4n) is 3.36. The summed E-state index contributed by atoms with van der Waals surface area (Å²) in [6.07, 6.45) is 3.81. The van der Waals surface area contributed by atoms with Crippen molar-refractivity contribution in [3.63, 3.8) is 0 Å². The Kier molecular flexibility index (Phi) is 4.34. The first kappa shape index (κ1) is 16.6. The van der Waals surface area contributed by atoms with Crippen molar-refractivity contribution in [1.82, 2.24) is 20.0 Å². The molecule has 3 aromatic rings. The number of pyridine rings is 1. The third-order valence-electron chi connectivity index (χ3n) is 4.73. The standard InChI is InChI=1S/C20H22N4O2/c1-13-5-4-9-24-17(13)12-22-19(24)14(2)23-20(25)16-7-3-6-15-11-21-8-10-26-18(15)16/h3-7,9,12,14,21H,8,10-11H2,1-2H3,(H,23,25). The van der Waals surface area contributed by atoms with E-state index < -0.39 is 0 Å². The highest BCUT2D eigenvalue weighted by molar-refractivity contribution is 5.97. The summed E-state index contributed by atoms with van der Waals surface area (Å²) >= 11 is 0. The monoisotopic (exact) mass is 350 g/mol. The van der Waals surface area contributed by atoms with Gasteiger partial charge in [-0.3, -0.25) is 4.79 Å². The third-order valence-corrected chi connectivity index (χ3v) is 4.73. The Morgan fingerprint density at radius 1 is 1.35 bits per heavy atom. The van der Waals surface area contributed by atoms with Gasteiger partial charge in [0.15, 0.2) is 0 Å². The molecule has 0 fully saturated rings. The topological polar surface area (TPSA) is 67.7 Å². The molecule has 2 N–H and O–H groups in total. The Hall–Kier alpha value is -2.86. The van der Waals surface area contributed by atoms with Gasteiger partial charge in [-0.2, -0.15) is 0 Å². The lowest BCUT2D eigenvalue weighted by molar-refractivity contribution is 0.0934. The number of amides is 1. The molecule has 0 spiro atoms. The summed E-state index contributed by atoms with van der Waals surface area (Å²) in [5, 5.41) is 6.35. The molecule has 3 heterocycles. The zero-order valence-electron chi connectivity index (χ0n) is 15.0. The maximum absolute atomic E-state index is 12.9. The second-order valence-electron chi connectivity index (χ2n) is 6.58. The Morgan fingerprint density at radius 3 is 3.12 bits per heavy atom. The van der Waals surface area contributed by atoms with Crippen LogP contribution in [0.1, 0.15) is 40.3 Å². The van der Waals surface area contributed by atoms with Gasteiger partial charge >= 0.3 is 0 Å². The van der Waals surface area contributed by atoms with E-state index in [1.165, 1.54) is 0 Å². The molecule has 1 aliphatic rings. The average molecular weight is 350 g/mol. The summed E-state index contributed by atoms with van der Waals surface area (Å²) in [7, 11) is 0. The van der Waals surface area contributed by atoms with Crippen LogP contribution in [0.4, 0.5) is 0 Å². The van der Waals surface area contributed by atoms with E-state index >= 15 is 0 Å². The summed E-state index contributed by atoms with van der Waals surface area (Å²) in [5.41, 5.74) is 3.77. The molecule has 0 saturated heterocycles. The van der Waals surface area contributed by atoms with Crippen LogP contribution in [0, 0.1) is 6.92 Å². The van der Waals surface area contributed by atoms with Crippen molar-refractivity contribution in [2.75, 3.05) is 13.2 Å². The molecule has 4 rings (SSSR count). The maximum atomic E-state index is 12.9. The Bertz CT molecular complexity index is 964. The van der Waals surface area contributed by atoms with Gasteiger partial charge in [-0.05, 0) is 31.5 Å². The van der Waals surface area contributed by atoms with E-state index in [0.29, 0.717) is 24.5 Å². The molecule has 6 nitrogen and oxygen atoms in total. The van der Waals surface area contributed by atoms with Crippen LogP contribution in [0.15, 0.2) is 42.7 Å². The van der Waals surface area contributed by atoms with Crippen molar-refractivity contribution in [2.24, 2.45) is 0 Å². The molecular weight excluding hydrogens is 328 g/mol. The molecule has 6 heteroatoms. The number of aryl methyl sites for hydroxylation is 1. The largest absolute Gasteiger partial charge is 0.491 e. The number of benzene rings is 1. The van der Waals surface area contributed by atoms with Gasteiger partial charge in [-0.1, -0.05) is 18.2 Å². The van der Waals surface area contributed by atoms with Crippen molar-refractivity contribution in [3.8, 4) is 5.75 Å². The molecule has 26 heavy (non-hydrogen) atoms. The molecule has 0 aliphatic carbocycles. The van der Waals surface area contributed by atoms with Gasteiger partial charge in [0.05, 0.1) is 23.3 Å². The van der Waals surface area contributed by atoms with E-state index in [0.717, 1.165) is 29.0 Å². The summed E-state index contributed by atoms with van der Waals surface area (Å²) in [6, 6.07) is 9.49. The lowest BCUT2D eigenvalue weighted by Crippen LogP contribution is -2.28. The molecule has 0 saturated carbocycles. The lowest BCUT2D eigenvalue weighted by Gasteiger charge is -2.16. The minimum atomic E-state index is -0.230. The smallest absolute Gasteiger partial charge is 0.255 e. The predicted molar refractivity (Wildman–Crippen MR) is 99.5 cm³/mol. The zero-order chi connectivity index (χ0) is 18.1. The van der Waals surface area contributed by atoms with Crippen LogP contribution in [-0.4, -0.2) is 28.4 Å². The zero-order valence-corrected chi connectivity index (χ0v) is 15.0. The van der Waals surface area contributed by atoms with E-state index in [9.17, 15) is 4.79 Å². The highest BCUT2D eigenvalue weighted by Crippen LogP contribution is 2.26. The van der Waals surface area contributed by atoms with E-state index in [-0.39, 0.29) is 11.9 Å². The number of carbonyl (C=O) groups excluding carboxylic acids is 1. The quantitative estimate of drug-likeness (QED) is 0.762. The number of fused-ring (bicyclic) bond motifs is 2. The lowest BCUT2D eigenvalue weighted by atomic mass is 10.1. The highest BCUT2D eigenvalue weighted by Gasteiger charge is 2.21. The van der Waals surface area contributed by atoms with Crippen LogP contribution < -0.4 is 15.4 Å². The first-order chi connectivity index (χ1) is 12.6. The van der Waals surface area contributed by atoms with E-state index in [1.807, 2.05) is 41.9 Å². The third kappa shape index (κ3) is 2.93. The minimum Gasteiger partial charge on any atom is -0.491 e. The van der Waals surface area contributed by atoms with Crippen LogP contribution in [-0.2, 0) is 6.54 Å².